The molecular formula is C29H33FN4O5S. The highest BCUT2D eigenvalue weighted by Crippen LogP contribution is 2.28. The number of hydrogen-bond donors (Lipinski definition) is 1. The Morgan fingerprint density at radius 3 is 2.58 bits per heavy atom. The van der Waals surface area contributed by atoms with Crippen LogP contribution in [0.3, 0.4) is 0 Å². The zero-order valence-electron chi connectivity index (χ0n) is 22.3. The van der Waals surface area contributed by atoms with Crippen LogP contribution in [0.5, 0.6) is 11.6 Å². The van der Waals surface area contributed by atoms with Gasteiger partial charge in [-0.25, -0.2) is 19.1 Å². The van der Waals surface area contributed by atoms with Gasteiger partial charge >= 0.3 is 0 Å². The van der Waals surface area contributed by atoms with Gasteiger partial charge in [0.05, 0.1) is 18.9 Å². The van der Waals surface area contributed by atoms with E-state index in [-0.39, 0.29) is 31.8 Å². The number of carbonyl (C=O) groups is 1. The van der Waals surface area contributed by atoms with E-state index in [2.05, 4.69) is 15.0 Å². The number of hydrogen-bond acceptors (Lipinski definition) is 8. The summed E-state index contributed by atoms with van der Waals surface area (Å²) < 4.78 is 53.7. The van der Waals surface area contributed by atoms with Crippen LogP contribution in [0.4, 0.5) is 4.39 Å². The smallest absolute Gasteiger partial charge is 0.281 e. The number of pyridine rings is 3. The quantitative estimate of drug-likeness (QED) is 0.260. The van der Waals surface area contributed by atoms with Crippen molar-refractivity contribution in [3.8, 4) is 22.9 Å². The summed E-state index contributed by atoms with van der Waals surface area (Å²) >= 11 is 0. The van der Waals surface area contributed by atoms with E-state index in [4.69, 9.17) is 9.47 Å². The van der Waals surface area contributed by atoms with Crippen molar-refractivity contribution < 1.29 is 29.9 Å². The van der Waals surface area contributed by atoms with Gasteiger partial charge in [-0.05, 0) is 61.4 Å². The minimum absolute atomic E-state index is 0. The van der Waals surface area contributed by atoms with Gasteiger partial charge in [0, 0.05) is 38.5 Å². The Labute approximate surface area is 235 Å². The molecule has 0 aliphatic rings. The van der Waals surface area contributed by atoms with Gasteiger partial charge in [-0.3, -0.25) is 9.78 Å². The summed E-state index contributed by atoms with van der Waals surface area (Å²) in [5.74, 6) is -1.01. The monoisotopic (exact) mass is 568 g/mol. The second-order valence-electron chi connectivity index (χ2n) is 9.40. The first-order valence-electron chi connectivity index (χ1n) is 12.6. The molecule has 0 unspecified atom stereocenters. The predicted molar refractivity (Wildman–Crippen MR) is 151 cm³/mol. The highest BCUT2D eigenvalue weighted by atomic mass is 32.2. The van der Waals surface area contributed by atoms with E-state index >= 15 is 0 Å². The molecule has 0 fully saturated rings. The maximum Gasteiger partial charge on any atom is 0.281 e. The summed E-state index contributed by atoms with van der Waals surface area (Å²) in [5, 5.41) is -0.295. The third-order valence-corrected chi connectivity index (χ3v) is 6.78. The molecular weight excluding hydrogens is 535 g/mol. The highest BCUT2D eigenvalue weighted by molar-refractivity contribution is 7.90. The van der Waals surface area contributed by atoms with E-state index in [1.165, 1.54) is 36.4 Å². The average Bonchev–Trinajstić information content (AvgIpc) is 2.92. The first kappa shape index (κ1) is 28.6. The van der Waals surface area contributed by atoms with Crippen molar-refractivity contribution in [3.05, 3.63) is 95.7 Å². The number of aryl methyl sites for hydroxylation is 1. The molecule has 0 radical (unpaired) electrons. The van der Waals surface area contributed by atoms with Gasteiger partial charge in [-0.2, -0.15) is 8.42 Å². The second-order valence-corrected chi connectivity index (χ2v) is 11.0. The Kier molecular flexibility index (Phi) is 9.05. The SMILES string of the molecule is Cc1cccc(S(=O)(=O)NC(=O)c2ccc(-c3cc(F)cc(OCC(C)C)c3)nc2OCCc2ccccn2)n1.[HH].[HH]. The molecule has 3 aromatic heterocycles. The number of rotatable bonds is 11. The minimum Gasteiger partial charge on any atom is -0.493 e. The van der Waals surface area contributed by atoms with Crippen molar-refractivity contribution in [1.29, 1.82) is 0 Å². The molecule has 40 heavy (non-hydrogen) atoms. The van der Waals surface area contributed by atoms with Crippen LogP contribution in [0.15, 0.2) is 78.0 Å². The number of nitrogens with one attached hydrogen (secondary N) is 1. The fourth-order valence-corrected chi connectivity index (χ4v) is 4.62. The zero-order chi connectivity index (χ0) is 28.7. The van der Waals surface area contributed by atoms with E-state index in [1.54, 1.807) is 31.3 Å². The molecule has 212 valence electrons. The summed E-state index contributed by atoms with van der Waals surface area (Å²) in [6.07, 6.45) is 2.06. The summed E-state index contributed by atoms with van der Waals surface area (Å²) in [6, 6.07) is 17.0. The Morgan fingerprint density at radius 1 is 1.02 bits per heavy atom. The third kappa shape index (κ3) is 7.60. The standard InChI is InChI=1S/C29H29FN4O5S.2H2/c1-19(2)18-39-24-16-21(15-22(30)17-24)26-11-10-25(29(33-26)38-14-12-23-8-4-5-13-31-23)28(35)34-40(36,37)27-9-6-7-20(3)32-27;;/h4-11,13,15-17,19H,12,14,18H2,1-3H3,(H,34,35);2*1H. The molecule has 0 aliphatic carbocycles. The first-order chi connectivity index (χ1) is 19.1. The second kappa shape index (κ2) is 12.6. The third-order valence-electron chi connectivity index (χ3n) is 5.54. The van der Waals surface area contributed by atoms with Crippen LogP contribution in [0.1, 0.15) is 38.4 Å². The van der Waals surface area contributed by atoms with Crippen molar-refractivity contribution in [2.24, 2.45) is 5.92 Å². The van der Waals surface area contributed by atoms with Gasteiger partial charge in [-0.15, -0.1) is 0 Å². The average molecular weight is 569 g/mol. The summed E-state index contributed by atoms with van der Waals surface area (Å²) in [6.45, 7) is 6.11. The van der Waals surface area contributed by atoms with E-state index in [1.807, 2.05) is 30.7 Å². The maximum absolute atomic E-state index is 14.4. The number of aromatic nitrogens is 3. The van der Waals surface area contributed by atoms with Crippen molar-refractivity contribution in [2.45, 2.75) is 32.2 Å². The van der Waals surface area contributed by atoms with Gasteiger partial charge in [0.15, 0.2) is 5.03 Å². The number of ether oxygens (including phenoxy) is 2. The van der Waals surface area contributed by atoms with E-state index in [0.717, 1.165) is 5.69 Å². The topological polar surface area (TPSA) is 120 Å². The first-order valence-corrected chi connectivity index (χ1v) is 14.1. The summed E-state index contributed by atoms with van der Waals surface area (Å²) in [4.78, 5) is 25.8. The number of nitrogens with zero attached hydrogens (tertiary/aromatic N) is 3. The normalized spacial score (nSPS) is 11.3. The molecule has 1 aromatic carbocycles. The van der Waals surface area contributed by atoms with Crippen LogP contribution in [-0.4, -0.2) is 42.5 Å². The van der Waals surface area contributed by atoms with E-state index in [0.29, 0.717) is 35.7 Å². The summed E-state index contributed by atoms with van der Waals surface area (Å²) in [5.41, 5.74) is 1.83. The molecule has 3 heterocycles. The predicted octanol–water partition coefficient (Wildman–Crippen LogP) is 5.25. The van der Waals surface area contributed by atoms with Crippen molar-refractivity contribution in [1.82, 2.24) is 19.7 Å². The van der Waals surface area contributed by atoms with Crippen LogP contribution in [0.25, 0.3) is 11.3 Å². The lowest BCUT2D eigenvalue weighted by atomic mass is 10.1. The van der Waals surface area contributed by atoms with Crippen LogP contribution in [-0.2, 0) is 16.4 Å². The molecule has 0 saturated carbocycles. The molecule has 0 aliphatic heterocycles. The molecule has 1 N–H and O–H groups in total. The lowest BCUT2D eigenvalue weighted by Gasteiger charge is -2.14. The molecule has 0 spiro atoms. The van der Waals surface area contributed by atoms with E-state index < -0.39 is 21.7 Å². The van der Waals surface area contributed by atoms with Gasteiger partial charge < -0.3 is 9.47 Å². The fraction of sp³-hybridized carbons (Fsp3) is 0.241. The Bertz CT molecular complexity index is 1610. The highest BCUT2D eigenvalue weighted by Gasteiger charge is 2.24. The molecule has 1 amide bonds. The number of halogens is 1. The zero-order valence-corrected chi connectivity index (χ0v) is 23.1. The molecule has 4 aromatic rings. The minimum atomic E-state index is -4.27. The van der Waals surface area contributed by atoms with Gasteiger partial charge in [-0.1, -0.05) is 26.0 Å². The largest absolute Gasteiger partial charge is 0.493 e. The maximum atomic E-state index is 14.4. The lowest BCUT2D eigenvalue weighted by molar-refractivity contribution is 0.0976. The molecule has 0 atom stereocenters. The van der Waals surface area contributed by atoms with Crippen LogP contribution in [0.2, 0.25) is 0 Å². The van der Waals surface area contributed by atoms with Crippen molar-refractivity contribution in [2.75, 3.05) is 13.2 Å². The summed E-state index contributed by atoms with van der Waals surface area (Å²) in [7, 11) is -4.27. The Balaban J connectivity index is 0.00000308. The number of benzene rings is 1. The molecule has 11 heteroatoms. The van der Waals surface area contributed by atoms with Crippen molar-refractivity contribution >= 4 is 15.9 Å². The van der Waals surface area contributed by atoms with E-state index in [9.17, 15) is 17.6 Å². The van der Waals surface area contributed by atoms with Gasteiger partial charge in [0.2, 0.25) is 5.88 Å². The van der Waals surface area contributed by atoms with Crippen LogP contribution < -0.4 is 14.2 Å². The van der Waals surface area contributed by atoms with Crippen molar-refractivity contribution in [3.63, 3.8) is 0 Å². The lowest BCUT2D eigenvalue weighted by Crippen LogP contribution is -2.31. The Morgan fingerprint density at radius 2 is 1.85 bits per heavy atom. The van der Waals surface area contributed by atoms with Gasteiger partial charge in [0.1, 0.15) is 17.1 Å². The molecule has 0 saturated heterocycles. The van der Waals surface area contributed by atoms with Crippen LogP contribution in [0, 0.1) is 18.7 Å². The fourth-order valence-electron chi connectivity index (χ4n) is 3.64. The Hall–Kier alpha value is -4.38. The molecule has 9 nitrogen and oxygen atoms in total. The molecule has 0 bridgehead atoms. The number of amides is 1. The number of carbonyl (C=O) groups excluding carboxylic acids is 1. The number of sulfonamides is 1. The molecule has 4 rings (SSSR count). The van der Waals surface area contributed by atoms with Gasteiger partial charge in [0.25, 0.3) is 15.9 Å². The van der Waals surface area contributed by atoms with Crippen LogP contribution >= 0.6 is 0 Å².